The van der Waals surface area contributed by atoms with E-state index in [9.17, 15) is 4.79 Å². The second-order valence-corrected chi connectivity index (χ2v) is 4.70. The van der Waals surface area contributed by atoms with Crippen molar-refractivity contribution >= 4 is 17.9 Å². The van der Waals surface area contributed by atoms with Crippen molar-refractivity contribution in [3.63, 3.8) is 0 Å². The number of hydrogen-bond donors (Lipinski definition) is 1. The van der Waals surface area contributed by atoms with Crippen LogP contribution in [-0.4, -0.2) is 37.9 Å². The predicted octanol–water partition coefficient (Wildman–Crippen LogP) is 1.79. The van der Waals surface area contributed by atoms with E-state index in [4.69, 9.17) is 5.11 Å². The molecule has 17 heavy (non-hydrogen) atoms. The minimum atomic E-state index is -0.891. The number of carboxylic acids is 1. The molecule has 4 heteroatoms. The van der Waals surface area contributed by atoms with Gasteiger partial charge in [-0.25, -0.2) is 4.79 Å². The maximum Gasteiger partial charge on any atom is 0.335 e. The predicted molar refractivity (Wildman–Crippen MR) is 68.4 cm³/mol. The van der Waals surface area contributed by atoms with Crippen LogP contribution in [0.25, 0.3) is 0 Å². The van der Waals surface area contributed by atoms with E-state index in [0.29, 0.717) is 5.56 Å². The number of hydrogen-bond acceptors (Lipinski definition) is 3. The van der Waals surface area contributed by atoms with Crippen molar-refractivity contribution in [3.8, 4) is 0 Å². The van der Waals surface area contributed by atoms with Crippen LogP contribution < -0.4 is 4.90 Å². The third kappa shape index (κ3) is 1.79. The molecule has 0 bridgehead atoms. The monoisotopic (exact) mass is 232 g/mol. The maximum atomic E-state index is 11.0. The van der Waals surface area contributed by atoms with Gasteiger partial charge in [0.25, 0.3) is 0 Å². The molecule has 0 aliphatic carbocycles. The first-order valence-corrected chi connectivity index (χ1v) is 5.50. The van der Waals surface area contributed by atoms with E-state index in [1.165, 1.54) is 0 Å². The summed E-state index contributed by atoms with van der Waals surface area (Å²) in [6.07, 6.45) is 1.89. The van der Waals surface area contributed by atoms with Gasteiger partial charge >= 0.3 is 5.97 Å². The zero-order valence-electron chi connectivity index (χ0n) is 10.3. The molecular formula is C13H16N2O2. The second-order valence-electron chi connectivity index (χ2n) is 4.70. The molecule has 0 saturated carbocycles. The number of benzene rings is 1. The van der Waals surface area contributed by atoms with Crippen LogP contribution in [0.1, 0.15) is 22.8 Å². The van der Waals surface area contributed by atoms with Crippen molar-refractivity contribution < 1.29 is 9.90 Å². The molecule has 0 amide bonds. The number of rotatable bonds is 2. The number of aromatic carboxylic acids is 1. The summed E-state index contributed by atoms with van der Waals surface area (Å²) in [5.74, 6) is -0.891. The van der Waals surface area contributed by atoms with Crippen LogP contribution in [-0.2, 0) is 5.41 Å². The second kappa shape index (κ2) is 3.87. The lowest BCUT2D eigenvalue weighted by Gasteiger charge is -2.19. The summed E-state index contributed by atoms with van der Waals surface area (Å²) in [6, 6.07) is 5.27. The van der Waals surface area contributed by atoms with Crippen LogP contribution >= 0.6 is 0 Å². The van der Waals surface area contributed by atoms with Crippen molar-refractivity contribution in [2.75, 3.05) is 25.5 Å². The highest BCUT2D eigenvalue weighted by Crippen LogP contribution is 2.39. The SMILES string of the molecule is CN=C[C@@]1(C)CN(C)c2ccc(C(=O)O)cc21. The van der Waals surface area contributed by atoms with Gasteiger partial charge in [0.2, 0.25) is 0 Å². The van der Waals surface area contributed by atoms with E-state index < -0.39 is 5.97 Å². The van der Waals surface area contributed by atoms with Crippen molar-refractivity contribution in [2.24, 2.45) is 4.99 Å². The molecule has 1 aliphatic heterocycles. The van der Waals surface area contributed by atoms with Gasteiger partial charge in [0.1, 0.15) is 0 Å². The molecule has 1 aliphatic rings. The Morgan fingerprint density at radius 2 is 2.29 bits per heavy atom. The van der Waals surface area contributed by atoms with E-state index in [1.807, 2.05) is 19.3 Å². The molecular weight excluding hydrogens is 216 g/mol. The van der Waals surface area contributed by atoms with Crippen LogP contribution in [0.4, 0.5) is 5.69 Å². The van der Waals surface area contributed by atoms with Crippen molar-refractivity contribution in [1.29, 1.82) is 0 Å². The minimum absolute atomic E-state index is 0.204. The highest BCUT2D eigenvalue weighted by molar-refractivity contribution is 5.91. The van der Waals surface area contributed by atoms with Gasteiger partial charge in [-0.05, 0) is 30.7 Å². The molecule has 90 valence electrons. The summed E-state index contributed by atoms with van der Waals surface area (Å²) in [6.45, 7) is 2.90. The summed E-state index contributed by atoms with van der Waals surface area (Å²) < 4.78 is 0. The number of aliphatic imine (C=N–C) groups is 1. The fraction of sp³-hybridized carbons (Fsp3) is 0.385. The molecule has 1 aromatic carbocycles. The van der Waals surface area contributed by atoms with Crippen LogP contribution in [0.5, 0.6) is 0 Å². The first kappa shape index (κ1) is 11.6. The first-order chi connectivity index (χ1) is 7.98. The van der Waals surface area contributed by atoms with Crippen molar-refractivity contribution in [1.82, 2.24) is 0 Å². The molecule has 0 spiro atoms. The van der Waals surface area contributed by atoms with E-state index in [0.717, 1.165) is 17.8 Å². The van der Waals surface area contributed by atoms with Gasteiger partial charge in [0.05, 0.1) is 5.56 Å². The van der Waals surface area contributed by atoms with Crippen LogP contribution in [0.2, 0.25) is 0 Å². The Labute approximate surface area is 101 Å². The number of anilines is 1. The fourth-order valence-corrected chi connectivity index (χ4v) is 2.52. The Hall–Kier alpha value is -1.84. The molecule has 4 nitrogen and oxygen atoms in total. The molecule has 0 radical (unpaired) electrons. The molecule has 1 N–H and O–H groups in total. The van der Waals surface area contributed by atoms with Crippen LogP contribution in [0.15, 0.2) is 23.2 Å². The van der Waals surface area contributed by atoms with Gasteiger partial charge in [0.15, 0.2) is 0 Å². The number of likely N-dealkylation sites (N-methyl/N-ethyl adjacent to an activating group) is 1. The van der Waals surface area contributed by atoms with E-state index >= 15 is 0 Å². The highest BCUT2D eigenvalue weighted by Gasteiger charge is 2.36. The average Bonchev–Trinajstić information content (AvgIpc) is 2.51. The Morgan fingerprint density at radius 3 is 2.88 bits per heavy atom. The highest BCUT2D eigenvalue weighted by atomic mass is 16.4. The molecule has 2 rings (SSSR count). The topological polar surface area (TPSA) is 52.9 Å². The third-order valence-electron chi connectivity index (χ3n) is 3.25. The third-order valence-corrected chi connectivity index (χ3v) is 3.25. The van der Waals surface area contributed by atoms with Gasteiger partial charge in [0, 0.05) is 38.0 Å². The normalized spacial score (nSPS) is 23.1. The zero-order chi connectivity index (χ0) is 12.6. The summed E-state index contributed by atoms with van der Waals surface area (Å²) in [5.41, 5.74) is 2.24. The summed E-state index contributed by atoms with van der Waals surface area (Å²) >= 11 is 0. The van der Waals surface area contributed by atoms with Gasteiger partial charge in [-0.1, -0.05) is 0 Å². The largest absolute Gasteiger partial charge is 0.478 e. The van der Waals surface area contributed by atoms with Crippen molar-refractivity contribution in [2.45, 2.75) is 12.3 Å². The minimum Gasteiger partial charge on any atom is -0.478 e. The van der Waals surface area contributed by atoms with E-state index in [1.54, 1.807) is 19.2 Å². The number of carbonyl (C=O) groups is 1. The Morgan fingerprint density at radius 1 is 1.59 bits per heavy atom. The zero-order valence-corrected chi connectivity index (χ0v) is 10.3. The van der Waals surface area contributed by atoms with Crippen LogP contribution in [0, 0.1) is 0 Å². The summed E-state index contributed by atoms with van der Waals surface area (Å²) in [4.78, 5) is 17.2. The standard InChI is InChI=1S/C13H16N2O2/c1-13(7-14-2)8-15(3)11-5-4-9(12(16)17)6-10(11)13/h4-7H,8H2,1-3H3,(H,16,17)/t13-/m0/s1. The Balaban J connectivity index is 2.58. The van der Waals surface area contributed by atoms with Crippen LogP contribution in [0.3, 0.4) is 0 Å². The lowest BCUT2D eigenvalue weighted by atomic mass is 9.85. The molecule has 1 heterocycles. The molecule has 0 fully saturated rings. The summed E-state index contributed by atoms with van der Waals surface area (Å²) in [7, 11) is 3.75. The Bertz CT molecular complexity index is 496. The molecule has 1 atom stereocenters. The number of carboxylic acid groups (broad SMARTS) is 1. The quantitative estimate of drug-likeness (QED) is 0.791. The molecule has 0 unspecified atom stereocenters. The van der Waals surface area contributed by atoms with Gasteiger partial charge in [-0.2, -0.15) is 0 Å². The summed E-state index contributed by atoms with van der Waals surface area (Å²) in [5, 5.41) is 9.03. The van der Waals surface area contributed by atoms with Gasteiger partial charge in [-0.15, -0.1) is 0 Å². The maximum absolute atomic E-state index is 11.0. The lowest BCUT2D eigenvalue weighted by molar-refractivity contribution is 0.0697. The number of fused-ring (bicyclic) bond motifs is 1. The van der Waals surface area contributed by atoms with E-state index in [2.05, 4.69) is 16.8 Å². The van der Waals surface area contributed by atoms with Gasteiger partial charge < -0.3 is 10.0 Å². The molecule has 1 aromatic rings. The van der Waals surface area contributed by atoms with Crippen molar-refractivity contribution in [3.05, 3.63) is 29.3 Å². The fourth-order valence-electron chi connectivity index (χ4n) is 2.52. The smallest absolute Gasteiger partial charge is 0.335 e. The Kier molecular flexibility index (Phi) is 2.65. The molecule has 0 saturated heterocycles. The average molecular weight is 232 g/mol. The lowest BCUT2D eigenvalue weighted by Crippen LogP contribution is -2.30. The number of nitrogens with zero attached hydrogens (tertiary/aromatic N) is 2. The van der Waals surface area contributed by atoms with E-state index in [-0.39, 0.29) is 5.41 Å². The van der Waals surface area contributed by atoms with Gasteiger partial charge in [-0.3, -0.25) is 4.99 Å². The molecule has 0 aromatic heterocycles. The first-order valence-electron chi connectivity index (χ1n) is 5.50.